The Labute approximate surface area is 238 Å². The Kier molecular flexibility index (Phi) is 8.26. The van der Waals surface area contributed by atoms with Crippen LogP contribution in [0.4, 0.5) is 11.6 Å². The minimum Gasteiger partial charge on any atom is -0.489 e. The molecule has 2 N–H and O–H groups in total. The third-order valence-corrected chi connectivity index (χ3v) is 7.40. The zero-order chi connectivity index (χ0) is 28.0. The van der Waals surface area contributed by atoms with Gasteiger partial charge in [-0.05, 0) is 75.4 Å². The third-order valence-electron chi connectivity index (χ3n) is 7.40. The van der Waals surface area contributed by atoms with Crippen LogP contribution < -0.4 is 20.9 Å². The van der Waals surface area contributed by atoms with Crippen molar-refractivity contribution in [3.63, 3.8) is 0 Å². The van der Waals surface area contributed by atoms with E-state index in [-0.39, 0.29) is 24.3 Å². The molecular weight excluding hydrogens is 520 g/mol. The van der Waals surface area contributed by atoms with Gasteiger partial charge in [0.15, 0.2) is 6.39 Å². The van der Waals surface area contributed by atoms with Crippen LogP contribution >= 0.6 is 0 Å². The molecule has 6 rings (SSSR count). The van der Waals surface area contributed by atoms with Crippen molar-refractivity contribution in [3.8, 4) is 17.6 Å². The summed E-state index contributed by atoms with van der Waals surface area (Å²) in [6.45, 7) is 4.80. The summed E-state index contributed by atoms with van der Waals surface area (Å²) in [5.41, 5.74) is 2.22. The van der Waals surface area contributed by atoms with Crippen molar-refractivity contribution < 1.29 is 13.9 Å². The molecule has 212 valence electrons. The number of fused-ring (bicyclic) bond motifs is 1. The standard InChI is InChI=1S/C31H34N6O4/c1-2-27-28(40-20-34-27)19-37-29-22(16-21(30(37)38)8-11-24-6-3-4-15-39-24)17-33-31(36-29)35-23-9-12-25(13-10-23)41-26-7-5-14-32-18-26/h9-10,12-13,16-17,20,24,26,32H,2-7,14-15,18-19H2,1H3,(H,33,35,36). The van der Waals surface area contributed by atoms with Gasteiger partial charge in [-0.25, -0.2) is 9.97 Å². The molecular formula is C31H34N6O4. The fourth-order valence-electron chi connectivity index (χ4n) is 5.18. The largest absolute Gasteiger partial charge is 0.489 e. The molecule has 1 aromatic carbocycles. The van der Waals surface area contributed by atoms with Gasteiger partial charge in [-0.1, -0.05) is 18.8 Å². The number of ether oxygens (including phenoxy) is 2. The summed E-state index contributed by atoms with van der Waals surface area (Å²) < 4.78 is 19.1. The Bertz CT molecular complexity index is 1610. The van der Waals surface area contributed by atoms with E-state index in [1.807, 2.05) is 31.2 Å². The molecule has 10 heteroatoms. The summed E-state index contributed by atoms with van der Waals surface area (Å²) in [5, 5.41) is 7.32. The van der Waals surface area contributed by atoms with Crippen LogP contribution in [-0.4, -0.2) is 51.4 Å². The molecule has 2 unspecified atom stereocenters. The summed E-state index contributed by atoms with van der Waals surface area (Å²) in [5.74, 6) is 8.02. The number of hydrogen-bond acceptors (Lipinski definition) is 9. The Morgan fingerprint density at radius 3 is 2.85 bits per heavy atom. The molecule has 2 aliphatic rings. The van der Waals surface area contributed by atoms with Gasteiger partial charge in [-0.2, -0.15) is 4.98 Å². The second-order valence-corrected chi connectivity index (χ2v) is 10.4. The van der Waals surface area contributed by atoms with E-state index in [0.717, 1.165) is 62.3 Å². The smallest absolute Gasteiger partial charge is 0.268 e. The number of nitrogens with zero attached hydrogens (tertiary/aromatic N) is 4. The molecule has 10 nitrogen and oxygen atoms in total. The van der Waals surface area contributed by atoms with Crippen molar-refractivity contribution in [1.82, 2.24) is 24.8 Å². The molecule has 41 heavy (non-hydrogen) atoms. The molecule has 0 aliphatic carbocycles. The molecule has 4 aromatic rings. The number of aromatic nitrogens is 4. The van der Waals surface area contributed by atoms with E-state index in [2.05, 4.69) is 32.4 Å². The van der Waals surface area contributed by atoms with Gasteiger partial charge in [-0.3, -0.25) is 9.36 Å². The van der Waals surface area contributed by atoms with Crippen molar-refractivity contribution in [2.75, 3.05) is 25.0 Å². The van der Waals surface area contributed by atoms with Gasteiger partial charge in [0.1, 0.15) is 29.4 Å². The van der Waals surface area contributed by atoms with E-state index in [4.69, 9.17) is 18.9 Å². The zero-order valence-corrected chi connectivity index (χ0v) is 23.2. The molecule has 0 saturated carbocycles. The van der Waals surface area contributed by atoms with E-state index in [9.17, 15) is 4.79 Å². The predicted octanol–water partition coefficient (Wildman–Crippen LogP) is 4.19. The second kappa shape index (κ2) is 12.5. The first kappa shape index (κ1) is 27.0. The Hall–Kier alpha value is -4.20. The number of pyridine rings is 1. The van der Waals surface area contributed by atoms with Crippen molar-refractivity contribution in [3.05, 3.63) is 70.3 Å². The van der Waals surface area contributed by atoms with Gasteiger partial charge >= 0.3 is 0 Å². The number of hydrogen-bond donors (Lipinski definition) is 2. The lowest BCUT2D eigenvalue weighted by Gasteiger charge is -2.24. The molecule has 0 radical (unpaired) electrons. The number of benzene rings is 1. The summed E-state index contributed by atoms with van der Waals surface area (Å²) in [4.78, 5) is 27.3. The van der Waals surface area contributed by atoms with Gasteiger partial charge in [0, 0.05) is 30.4 Å². The van der Waals surface area contributed by atoms with Crippen LogP contribution in [0.25, 0.3) is 11.0 Å². The summed E-state index contributed by atoms with van der Waals surface area (Å²) >= 11 is 0. The van der Waals surface area contributed by atoms with Crippen molar-refractivity contribution in [2.24, 2.45) is 0 Å². The highest BCUT2D eigenvalue weighted by molar-refractivity contribution is 5.77. The lowest BCUT2D eigenvalue weighted by Crippen LogP contribution is -2.37. The minimum atomic E-state index is -0.248. The normalized spacial score (nSPS) is 19.0. The second-order valence-electron chi connectivity index (χ2n) is 10.4. The first-order valence-corrected chi connectivity index (χ1v) is 14.4. The highest BCUT2D eigenvalue weighted by Crippen LogP contribution is 2.22. The molecule has 0 amide bonds. The van der Waals surface area contributed by atoms with Crippen molar-refractivity contribution in [1.29, 1.82) is 0 Å². The predicted molar refractivity (Wildman–Crippen MR) is 155 cm³/mol. The fraction of sp³-hybridized carbons (Fsp3) is 0.419. The molecule has 0 spiro atoms. The monoisotopic (exact) mass is 554 g/mol. The maximum Gasteiger partial charge on any atom is 0.268 e. The summed E-state index contributed by atoms with van der Waals surface area (Å²) in [7, 11) is 0. The Balaban J connectivity index is 1.30. The van der Waals surface area contributed by atoms with E-state index < -0.39 is 0 Å². The van der Waals surface area contributed by atoms with Gasteiger partial charge in [0.25, 0.3) is 5.56 Å². The van der Waals surface area contributed by atoms with Gasteiger partial charge in [0.2, 0.25) is 5.95 Å². The van der Waals surface area contributed by atoms with Crippen molar-refractivity contribution in [2.45, 2.75) is 64.2 Å². The summed E-state index contributed by atoms with van der Waals surface area (Å²) in [6, 6.07) is 9.48. The molecule has 2 saturated heterocycles. The van der Waals surface area contributed by atoms with Crippen molar-refractivity contribution >= 4 is 22.7 Å². The first-order valence-electron chi connectivity index (χ1n) is 14.4. The maximum atomic E-state index is 13.7. The average Bonchev–Trinajstić information content (AvgIpc) is 3.47. The summed E-state index contributed by atoms with van der Waals surface area (Å²) in [6.07, 6.45) is 8.99. The number of oxazole rings is 1. The third kappa shape index (κ3) is 6.42. The van der Waals surface area contributed by atoms with E-state index in [0.29, 0.717) is 41.3 Å². The lowest BCUT2D eigenvalue weighted by molar-refractivity contribution is 0.0526. The molecule has 2 atom stereocenters. The van der Waals surface area contributed by atoms with Gasteiger partial charge in [-0.15, -0.1) is 0 Å². The molecule has 5 heterocycles. The number of rotatable bonds is 7. The number of aryl methyl sites for hydroxylation is 1. The quantitative estimate of drug-likeness (QED) is 0.325. The van der Waals surface area contributed by atoms with Gasteiger partial charge < -0.3 is 24.5 Å². The first-order chi connectivity index (χ1) is 20.2. The van der Waals surface area contributed by atoms with Crippen LogP contribution in [0.15, 0.2) is 52.1 Å². The van der Waals surface area contributed by atoms with Gasteiger partial charge in [0.05, 0.1) is 17.8 Å². The zero-order valence-electron chi connectivity index (χ0n) is 23.2. The Morgan fingerprint density at radius 2 is 2.07 bits per heavy atom. The van der Waals surface area contributed by atoms with Crippen LogP contribution in [0, 0.1) is 11.8 Å². The highest BCUT2D eigenvalue weighted by Gasteiger charge is 2.17. The maximum absolute atomic E-state index is 13.7. The fourth-order valence-corrected chi connectivity index (χ4v) is 5.18. The van der Waals surface area contributed by atoms with Crippen LogP contribution in [0.5, 0.6) is 5.75 Å². The van der Waals surface area contributed by atoms with E-state index in [1.165, 1.54) is 6.39 Å². The van der Waals surface area contributed by atoms with Crippen LogP contribution in [0.3, 0.4) is 0 Å². The van der Waals surface area contributed by atoms with Crippen LogP contribution in [-0.2, 0) is 17.7 Å². The Morgan fingerprint density at radius 1 is 1.17 bits per heavy atom. The SMILES string of the molecule is CCc1ncoc1Cn1c(=O)c(C#CC2CCCCO2)cc2cnc(Nc3ccc(OC4CCCNC4)cc3)nc21. The molecule has 0 bridgehead atoms. The highest BCUT2D eigenvalue weighted by atomic mass is 16.5. The topological polar surface area (TPSA) is 116 Å². The number of nitrogens with one attached hydrogen (secondary N) is 2. The molecule has 2 aliphatic heterocycles. The number of piperidine rings is 1. The van der Waals surface area contributed by atoms with E-state index >= 15 is 0 Å². The van der Waals surface area contributed by atoms with E-state index in [1.54, 1.807) is 16.8 Å². The number of anilines is 2. The van der Waals surface area contributed by atoms with Crippen LogP contribution in [0.1, 0.15) is 56.0 Å². The minimum absolute atomic E-state index is 0.160. The molecule has 3 aromatic heterocycles. The average molecular weight is 555 g/mol. The van der Waals surface area contributed by atoms with Crippen LogP contribution in [0.2, 0.25) is 0 Å². The lowest BCUT2D eigenvalue weighted by atomic mass is 10.1. The molecule has 2 fully saturated rings.